The van der Waals surface area contributed by atoms with Crippen molar-refractivity contribution in [3.63, 3.8) is 0 Å². The highest BCUT2D eigenvalue weighted by molar-refractivity contribution is 6.11. The third-order valence-corrected chi connectivity index (χ3v) is 2.50. The van der Waals surface area contributed by atoms with Crippen LogP contribution in [0.5, 0.6) is 0 Å². The number of unbranched alkanes of at least 4 members (excludes halogenated alkanes) is 4. The van der Waals surface area contributed by atoms with Crippen molar-refractivity contribution in [1.29, 1.82) is 0 Å². The highest BCUT2D eigenvalue weighted by Gasteiger charge is 2.05. The van der Waals surface area contributed by atoms with Gasteiger partial charge in [0, 0.05) is 0 Å². The second kappa shape index (κ2) is 7.70. The predicted molar refractivity (Wildman–Crippen MR) is 57.7 cm³/mol. The summed E-state index contributed by atoms with van der Waals surface area (Å²) in [4.78, 5) is 0. The van der Waals surface area contributed by atoms with Crippen molar-refractivity contribution < 1.29 is 0 Å². The molecule has 0 aromatic heterocycles. The van der Waals surface area contributed by atoms with Gasteiger partial charge < -0.3 is 0 Å². The van der Waals surface area contributed by atoms with Crippen molar-refractivity contribution in [3.8, 4) is 0 Å². The fourth-order valence-electron chi connectivity index (χ4n) is 1.32. The molecule has 1 atom stereocenters. The third kappa shape index (κ3) is 6.76. The van der Waals surface area contributed by atoms with Crippen LogP contribution in [0.4, 0.5) is 0 Å². The zero-order valence-electron chi connectivity index (χ0n) is 8.97. The summed E-state index contributed by atoms with van der Waals surface area (Å²) in [7, 11) is 5.93. The predicted octanol–water partition coefficient (Wildman–Crippen LogP) is 3.96. The molecule has 0 aliphatic carbocycles. The topological polar surface area (TPSA) is 0 Å². The fraction of sp³-hybridized carbons (Fsp3) is 1.00. The van der Waals surface area contributed by atoms with Gasteiger partial charge in [-0.25, -0.2) is 0 Å². The molecule has 0 heterocycles. The molecule has 12 heavy (non-hydrogen) atoms. The van der Waals surface area contributed by atoms with E-state index in [1.807, 2.05) is 0 Å². The SMILES string of the molecule is [B]C(CCCCCCC)C(C)C. The van der Waals surface area contributed by atoms with Gasteiger partial charge in [-0.05, 0) is 0 Å². The summed E-state index contributed by atoms with van der Waals surface area (Å²) in [5.74, 6) is 1.07. The van der Waals surface area contributed by atoms with Crippen LogP contribution in [0, 0.1) is 5.92 Å². The number of hydrogen-bond donors (Lipinski definition) is 0. The molecule has 0 rings (SSSR count). The molecular formula is C11H23B. The molecule has 0 saturated carbocycles. The van der Waals surface area contributed by atoms with E-state index in [0.717, 1.165) is 0 Å². The standard InChI is InChI=1S/C11H23B/c1-4-5-6-7-8-9-11(12)10(2)3/h10-11H,4-9H2,1-3H3. The van der Waals surface area contributed by atoms with Crippen molar-refractivity contribution in [2.24, 2.45) is 5.92 Å². The molecule has 0 aliphatic rings. The molecule has 0 amide bonds. The molecule has 0 aliphatic heterocycles. The van der Waals surface area contributed by atoms with Crippen molar-refractivity contribution >= 4 is 7.85 Å². The van der Waals surface area contributed by atoms with Gasteiger partial charge in [0.1, 0.15) is 0 Å². The van der Waals surface area contributed by atoms with Crippen molar-refractivity contribution in [3.05, 3.63) is 0 Å². The van der Waals surface area contributed by atoms with E-state index in [4.69, 9.17) is 7.85 Å². The lowest BCUT2D eigenvalue weighted by atomic mass is 9.75. The van der Waals surface area contributed by atoms with Gasteiger partial charge in [0.05, 0.1) is 7.85 Å². The Morgan fingerprint density at radius 2 is 1.58 bits per heavy atom. The lowest BCUT2D eigenvalue weighted by Crippen LogP contribution is -2.01. The Labute approximate surface area is 79.5 Å². The van der Waals surface area contributed by atoms with Gasteiger partial charge in [-0.1, -0.05) is 71.0 Å². The second-order valence-electron chi connectivity index (χ2n) is 4.11. The minimum Gasteiger partial charge on any atom is -0.0751 e. The van der Waals surface area contributed by atoms with Crippen LogP contribution in [-0.2, 0) is 0 Å². The van der Waals surface area contributed by atoms with Crippen molar-refractivity contribution in [2.75, 3.05) is 0 Å². The molecule has 0 bridgehead atoms. The summed E-state index contributed by atoms with van der Waals surface area (Å²) in [6, 6.07) is 0. The maximum Gasteiger partial charge on any atom is 0.0703 e. The minimum atomic E-state index is 0.423. The molecule has 1 unspecified atom stereocenters. The minimum absolute atomic E-state index is 0.423. The van der Waals surface area contributed by atoms with E-state index in [1.54, 1.807) is 0 Å². The highest BCUT2D eigenvalue weighted by Crippen LogP contribution is 2.20. The molecular weight excluding hydrogens is 143 g/mol. The Balaban J connectivity index is 3.08. The normalized spacial score (nSPS) is 13.7. The summed E-state index contributed by atoms with van der Waals surface area (Å²) in [5, 5.41) is 0. The van der Waals surface area contributed by atoms with E-state index in [1.165, 1.54) is 38.5 Å². The van der Waals surface area contributed by atoms with Gasteiger partial charge >= 0.3 is 0 Å². The van der Waals surface area contributed by atoms with E-state index < -0.39 is 0 Å². The van der Waals surface area contributed by atoms with Crippen molar-refractivity contribution in [1.82, 2.24) is 0 Å². The summed E-state index contributed by atoms with van der Waals surface area (Å²) in [6.07, 6.45) is 8.00. The quantitative estimate of drug-likeness (QED) is 0.396. The summed E-state index contributed by atoms with van der Waals surface area (Å²) in [6.45, 7) is 6.66. The summed E-state index contributed by atoms with van der Waals surface area (Å²) < 4.78 is 0. The smallest absolute Gasteiger partial charge is 0.0703 e. The second-order valence-corrected chi connectivity index (χ2v) is 4.11. The average Bonchev–Trinajstić information content (AvgIpc) is 2.03. The Kier molecular flexibility index (Phi) is 7.74. The lowest BCUT2D eigenvalue weighted by Gasteiger charge is -2.14. The maximum atomic E-state index is 5.93. The first-order valence-electron chi connectivity index (χ1n) is 5.44. The molecule has 1 heteroatoms. The molecule has 0 nitrogen and oxygen atoms in total. The average molecular weight is 166 g/mol. The Hall–Kier alpha value is 0.0649. The van der Waals surface area contributed by atoms with Crippen LogP contribution >= 0.6 is 0 Å². The van der Waals surface area contributed by atoms with Crippen LogP contribution in [0.3, 0.4) is 0 Å². The van der Waals surface area contributed by atoms with E-state index in [0.29, 0.717) is 11.7 Å². The van der Waals surface area contributed by atoms with Crippen LogP contribution in [0.1, 0.15) is 59.3 Å². The molecule has 0 spiro atoms. The zero-order valence-corrected chi connectivity index (χ0v) is 8.97. The molecule has 0 N–H and O–H groups in total. The van der Waals surface area contributed by atoms with Crippen molar-refractivity contribution in [2.45, 2.75) is 65.1 Å². The van der Waals surface area contributed by atoms with Gasteiger partial charge in [-0.2, -0.15) is 0 Å². The summed E-state index contributed by atoms with van der Waals surface area (Å²) in [5.41, 5.74) is 0. The lowest BCUT2D eigenvalue weighted by molar-refractivity contribution is 0.514. The Morgan fingerprint density at radius 3 is 2.08 bits per heavy atom. The molecule has 70 valence electrons. The van der Waals surface area contributed by atoms with Crippen LogP contribution in [0.2, 0.25) is 5.82 Å². The van der Waals surface area contributed by atoms with Gasteiger partial charge in [-0.15, -0.1) is 0 Å². The maximum absolute atomic E-state index is 5.93. The summed E-state index contributed by atoms with van der Waals surface area (Å²) >= 11 is 0. The largest absolute Gasteiger partial charge is 0.0751 e. The molecule has 0 aromatic rings. The highest BCUT2D eigenvalue weighted by atomic mass is 14.1. The first kappa shape index (κ1) is 12.1. The van der Waals surface area contributed by atoms with E-state index in [2.05, 4.69) is 20.8 Å². The van der Waals surface area contributed by atoms with Crippen LogP contribution < -0.4 is 0 Å². The number of rotatable bonds is 7. The van der Waals surface area contributed by atoms with Crippen LogP contribution in [-0.4, -0.2) is 7.85 Å². The van der Waals surface area contributed by atoms with Gasteiger partial charge in [0.15, 0.2) is 0 Å². The Bertz CT molecular complexity index is 89.0. The fourth-order valence-corrected chi connectivity index (χ4v) is 1.32. The molecule has 2 radical (unpaired) electrons. The molecule has 0 saturated heterocycles. The number of hydrogen-bond acceptors (Lipinski definition) is 0. The molecule has 0 fully saturated rings. The van der Waals surface area contributed by atoms with Gasteiger partial charge in [0.2, 0.25) is 0 Å². The van der Waals surface area contributed by atoms with Gasteiger partial charge in [-0.3, -0.25) is 0 Å². The monoisotopic (exact) mass is 166 g/mol. The molecule has 0 aromatic carbocycles. The third-order valence-electron chi connectivity index (χ3n) is 2.50. The van der Waals surface area contributed by atoms with Crippen LogP contribution in [0.25, 0.3) is 0 Å². The van der Waals surface area contributed by atoms with Gasteiger partial charge in [0.25, 0.3) is 0 Å². The van der Waals surface area contributed by atoms with E-state index in [-0.39, 0.29) is 0 Å². The zero-order chi connectivity index (χ0) is 9.40. The first-order valence-corrected chi connectivity index (χ1v) is 5.44. The first-order chi connectivity index (χ1) is 5.68. The van der Waals surface area contributed by atoms with Crippen LogP contribution in [0.15, 0.2) is 0 Å². The van der Waals surface area contributed by atoms with E-state index in [9.17, 15) is 0 Å². The van der Waals surface area contributed by atoms with E-state index >= 15 is 0 Å². The Morgan fingerprint density at radius 1 is 1.00 bits per heavy atom.